The quantitative estimate of drug-likeness (QED) is 0.702. The van der Waals surface area contributed by atoms with Crippen LogP contribution in [0.4, 0.5) is 5.69 Å². The predicted molar refractivity (Wildman–Crippen MR) is 74.4 cm³/mol. The van der Waals surface area contributed by atoms with Crippen molar-refractivity contribution in [1.82, 2.24) is 10.3 Å². The Kier molecular flexibility index (Phi) is 6.63. The van der Waals surface area contributed by atoms with Crippen molar-refractivity contribution in [3.63, 3.8) is 0 Å². The number of hydrogen-bond acceptors (Lipinski definition) is 3. The van der Waals surface area contributed by atoms with Gasteiger partial charge in [-0.3, -0.25) is 4.98 Å². The standard InChI is InChI=1S/C14H25N3/c1-4-6-7-10-17(3)14-12-16-9-8-13(14)11-15-5-2/h8-9,12,15H,4-7,10-11H2,1-3H3. The lowest BCUT2D eigenvalue weighted by atomic mass is 10.2. The molecule has 0 aliphatic rings. The third kappa shape index (κ3) is 4.73. The zero-order valence-electron chi connectivity index (χ0n) is 11.4. The van der Waals surface area contributed by atoms with Crippen molar-refractivity contribution in [3.05, 3.63) is 24.0 Å². The summed E-state index contributed by atoms with van der Waals surface area (Å²) in [4.78, 5) is 6.55. The van der Waals surface area contributed by atoms with Crippen molar-refractivity contribution in [1.29, 1.82) is 0 Å². The Morgan fingerprint density at radius 1 is 1.29 bits per heavy atom. The van der Waals surface area contributed by atoms with E-state index < -0.39 is 0 Å². The van der Waals surface area contributed by atoms with Crippen molar-refractivity contribution in [2.24, 2.45) is 0 Å². The molecule has 0 saturated carbocycles. The molecule has 0 fully saturated rings. The van der Waals surface area contributed by atoms with E-state index in [2.05, 4.69) is 42.2 Å². The summed E-state index contributed by atoms with van der Waals surface area (Å²) < 4.78 is 0. The highest BCUT2D eigenvalue weighted by Crippen LogP contribution is 2.18. The molecule has 0 unspecified atom stereocenters. The van der Waals surface area contributed by atoms with Gasteiger partial charge in [-0.1, -0.05) is 26.7 Å². The molecular weight excluding hydrogens is 210 g/mol. The summed E-state index contributed by atoms with van der Waals surface area (Å²) in [7, 11) is 2.15. The van der Waals surface area contributed by atoms with Crippen molar-refractivity contribution in [2.45, 2.75) is 39.7 Å². The predicted octanol–water partition coefficient (Wildman–Crippen LogP) is 2.82. The summed E-state index contributed by atoms with van der Waals surface area (Å²) in [5.74, 6) is 0. The number of unbranched alkanes of at least 4 members (excludes halogenated alkanes) is 2. The average Bonchev–Trinajstić information content (AvgIpc) is 2.37. The second kappa shape index (κ2) is 8.07. The molecule has 1 aromatic rings. The number of hydrogen-bond donors (Lipinski definition) is 1. The lowest BCUT2D eigenvalue weighted by molar-refractivity contribution is 0.694. The van der Waals surface area contributed by atoms with E-state index in [1.165, 1.54) is 30.5 Å². The van der Waals surface area contributed by atoms with E-state index in [0.29, 0.717) is 0 Å². The number of nitrogens with zero attached hydrogens (tertiary/aromatic N) is 2. The van der Waals surface area contributed by atoms with Crippen LogP contribution in [0.2, 0.25) is 0 Å². The zero-order chi connectivity index (χ0) is 12.5. The van der Waals surface area contributed by atoms with E-state index in [4.69, 9.17) is 0 Å². The van der Waals surface area contributed by atoms with Crippen LogP contribution in [0.3, 0.4) is 0 Å². The highest BCUT2D eigenvalue weighted by atomic mass is 15.1. The highest BCUT2D eigenvalue weighted by Gasteiger charge is 2.06. The van der Waals surface area contributed by atoms with Crippen molar-refractivity contribution >= 4 is 5.69 Å². The second-order valence-electron chi connectivity index (χ2n) is 4.41. The molecule has 0 aromatic carbocycles. The number of nitrogens with one attached hydrogen (secondary N) is 1. The van der Waals surface area contributed by atoms with Crippen LogP contribution in [-0.4, -0.2) is 25.1 Å². The Morgan fingerprint density at radius 2 is 2.12 bits per heavy atom. The summed E-state index contributed by atoms with van der Waals surface area (Å²) in [5, 5.41) is 3.37. The Morgan fingerprint density at radius 3 is 2.82 bits per heavy atom. The van der Waals surface area contributed by atoms with Crippen molar-refractivity contribution < 1.29 is 0 Å². The van der Waals surface area contributed by atoms with Crippen molar-refractivity contribution in [2.75, 3.05) is 25.0 Å². The van der Waals surface area contributed by atoms with Gasteiger partial charge in [0.25, 0.3) is 0 Å². The minimum absolute atomic E-state index is 0.923. The lowest BCUT2D eigenvalue weighted by Gasteiger charge is -2.22. The van der Waals surface area contributed by atoms with Gasteiger partial charge in [0, 0.05) is 26.3 Å². The number of aromatic nitrogens is 1. The molecule has 96 valence electrons. The van der Waals surface area contributed by atoms with Crippen LogP contribution >= 0.6 is 0 Å². The molecule has 0 spiro atoms. The second-order valence-corrected chi connectivity index (χ2v) is 4.41. The van der Waals surface area contributed by atoms with E-state index in [1.807, 2.05) is 12.4 Å². The molecule has 0 aliphatic heterocycles. The minimum atomic E-state index is 0.923. The molecule has 1 rings (SSSR count). The topological polar surface area (TPSA) is 28.2 Å². The van der Waals surface area contributed by atoms with Crippen LogP contribution in [0, 0.1) is 0 Å². The Hall–Kier alpha value is -1.09. The van der Waals surface area contributed by atoms with Crippen LogP contribution in [0.5, 0.6) is 0 Å². The van der Waals surface area contributed by atoms with E-state index in [0.717, 1.165) is 19.6 Å². The molecule has 3 nitrogen and oxygen atoms in total. The first-order valence-corrected chi connectivity index (χ1v) is 6.64. The first kappa shape index (κ1) is 14.0. The molecule has 1 heterocycles. The number of rotatable bonds is 8. The fraction of sp³-hybridized carbons (Fsp3) is 0.643. The van der Waals surface area contributed by atoms with Crippen LogP contribution < -0.4 is 10.2 Å². The van der Waals surface area contributed by atoms with Gasteiger partial charge >= 0.3 is 0 Å². The molecule has 0 atom stereocenters. The van der Waals surface area contributed by atoms with Crippen LogP contribution in [-0.2, 0) is 6.54 Å². The van der Waals surface area contributed by atoms with E-state index in [9.17, 15) is 0 Å². The van der Waals surface area contributed by atoms with Gasteiger partial charge in [-0.15, -0.1) is 0 Å². The normalized spacial score (nSPS) is 10.5. The number of anilines is 1. The van der Waals surface area contributed by atoms with Crippen LogP contribution in [0.1, 0.15) is 38.7 Å². The molecule has 1 N–H and O–H groups in total. The third-order valence-electron chi connectivity index (χ3n) is 2.96. The fourth-order valence-electron chi connectivity index (χ4n) is 1.89. The maximum absolute atomic E-state index is 4.23. The first-order chi connectivity index (χ1) is 8.29. The molecule has 0 saturated heterocycles. The molecule has 0 radical (unpaired) electrons. The summed E-state index contributed by atoms with van der Waals surface area (Å²) in [6, 6.07) is 2.11. The smallest absolute Gasteiger partial charge is 0.0595 e. The summed E-state index contributed by atoms with van der Waals surface area (Å²) in [5.41, 5.74) is 2.59. The van der Waals surface area contributed by atoms with Crippen LogP contribution in [0.15, 0.2) is 18.5 Å². The van der Waals surface area contributed by atoms with Gasteiger partial charge < -0.3 is 10.2 Å². The lowest BCUT2D eigenvalue weighted by Crippen LogP contribution is -2.22. The Balaban J connectivity index is 2.60. The molecular formula is C14H25N3. The SMILES string of the molecule is CCCCCN(C)c1cnccc1CNCC. The van der Waals surface area contributed by atoms with Gasteiger partial charge in [0.15, 0.2) is 0 Å². The fourth-order valence-corrected chi connectivity index (χ4v) is 1.89. The highest BCUT2D eigenvalue weighted by molar-refractivity contribution is 5.50. The van der Waals surface area contributed by atoms with Gasteiger partial charge in [-0.25, -0.2) is 0 Å². The first-order valence-electron chi connectivity index (χ1n) is 6.64. The van der Waals surface area contributed by atoms with Gasteiger partial charge in [0.1, 0.15) is 0 Å². The molecule has 0 amide bonds. The Labute approximate surface area is 105 Å². The maximum atomic E-state index is 4.23. The van der Waals surface area contributed by atoms with Crippen LogP contribution in [0.25, 0.3) is 0 Å². The van der Waals surface area contributed by atoms with Gasteiger partial charge in [0.05, 0.1) is 11.9 Å². The molecule has 0 aliphatic carbocycles. The summed E-state index contributed by atoms with van der Waals surface area (Å²) >= 11 is 0. The average molecular weight is 235 g/mol. The van der Waals surface area contributed by atoms with E-state index in [1.54, 1.807) is 0 Å². The summed E-state index contributed by atoms with van der Waals surface area (Å²) in [6.45, 7) is 7.40. The molecule has 17 heavy (non-hydrogen) atoms. The maximum Gasteiger partial charge on any atom is 0.0595 e. The van der Waals surface area contributed by atoms with E-state index >= 15 is 0 Å². The van der Waals surface area contributed by atoms with Gasteiger partial charge in [-0.05, 0) is 24.6 Å². The minimum Gasteiger partial charge on any atom is -0.373 e. The number of pyridine rings is 1. The summed E-state index contributed by atoms with van der Waals surface area (Å²) in [6.07, 6.45) is 7.66. The van der Waals surface area contributed by atoms with Gasteiger partial charge in [0.2, 0.25) is 0 Å². The monoisotopic (exact) mass is 235 g/mol. The Bertz CT molecular complexity index is 312. The largest absolute Gasteiger partial charge is 0.373 e. The zero-order valence-corrected chi connectivity index (χ0v) is 11.4. The van der Waals surface area contributed by atoms with Crippen molar-refractivity contribution in [3.8, 4) is 0 Å². The molecule has 3 heteroatoms. The van der Waals surface area contributed by atoms with Gasteiger partial charge in [-0.2, -0.15) is 0 Å². The molecule has 0 bridgehead atoms. The molecule has 1 aromatic heterocycles. The third-order valence-corrected chi connectivity index (χ3v) is 2.96. The van der Waals surface area contributed by atoms with E-state index in [-0.39, 0.29) is 0 Å².